The van der Waals surface area contributed by atoms with Crippen molar-refractivity contribution in [2.45, 2.75) is 18.6 Å². The minimum atomic E-state index is -0.847. The molecule has 0 unspecified atom stereocenters. The molecule has 3 rings (SSSR count). The van der Waals surface area contributed by atoms with Crippen molar-refractivity contribution in [1.29, 1.82) is 5.26 Å². The Hall–Kier alpha value is -3.24. The number of nitrogens with zero attached hydrogens (tertiary/aromatic N) is 2. The molecule has 1 atom stereocenters. The predicted molar refractivity (Wildman–Crippen MR) is 109 cm³/mol. The average molecular weight is 393 g/mol. The second kappa shape index (κ2) is 8.19. The summed E-state index contributed by atoms with van der Waals surface area (Å²) in [5, 5.41) is 9.24. The number of nitrogens with two attached hydrogens (primary N) is 1. The number of hydrogen-bond acceptors (Lipinski definition) is 5. The van der Waals surface area contributed by atoms with Gasteiger partial charge < -0.3 is 10.5 Å². The monoisotopic (exact) mass is 393 g/mol. The highest BCUT2D eigenvalue weighted by Crippen LogP contribution is 2.42. The van der Waals surface area contributed by atoms with Gasteiger partial charge in [0.15, 0.2) is 0 Å². The number of benzene rings is 2. The molecule has 2 N–H and O–H groups in total. The molecule has 1 heterocycles. The SMILES string of the molecule is COc1ccc(C[C@@H]2S/C(=C(\C#N)C(N)=O)N(c3cccc(C)c3)C2=O)cc1. The maximum atomic E-state index is 13.2. The Morgan fingerprint density at radius 2 is 2.00 bits per heavy atom. The molecule has 142 valence electrons. The zero-order chi connectivity index (χ0) is 20.3. The van der Waals surface area contributed by atoms with Crippen LogP contribution in [0.5, 0.6) is 5.75 Å². The molecule has 1 aliphatic rings. The van der Waals surface area contributed by atoms with Crippen LogP contribution in [0.4, 0.5) is 5.69 Å². The number of rotatable bonds is 5. The highest BCUT2D eigenvalue weighted by Gasteiger charge is 2.40. The molecule has 0 aliphatic carbocycles. The molecule has 0 saturated carbocycles. The Morgan fingerprint density at radius 3 is 2.57 bits per heavy atom. The maximum absolute atomic E-state index is 13.2. The van der Waals surface area contributed by atoms with E-state index in [9.17, 15) is 14.9 Å². The first-order chi connectivity index (χ1) is 13.4. The summed E-state index contributed by atoms with van der Waals surface area (Å²) in [5.74, 6) is -0.299. The fourth-order valence-electron chi connectivity index (χ4n) is 2.98. The molecule has 2 aromatic rings. The third-order valence-corrected chi connectivity index (χ3v) is 5.63. The normalized spacial score (nSPS) is 18.0. The molecule has 7 heteroatoms. The molecule has 0 aromatic heterocycles. The number of methoxy groups -OCH3 is 1. The smallest absolute Gasteiger partial charge is 0.262 e. The average Bonchev–Trinajstić information content (AvgIpc) is 2.98. The van der Waals surface area contributed by atoms with E-state index < -0.39 is 11.2 Å². The third kappa shape index (κ3) is 3.87. The highest BCUT2D eigenvalue weighted by molar-refractivity contribution is 8.05. The Labute approximate surface area is 167 Å². The Bertz CT molecular complexity index is 993. The van der Waals surface area contributed by atoms with E-state index in [-0.39, 0.29) is 16.5 Å². The van der Waals surface area contributed by atoms with Crippen molar-refractivity contribution in [2.24, 2.45) is 5.73 Å². The second-order valence-electron chi connectivity index (χ2n) is 6.33. The fourth-order valence-corrected chi connectivity index (χ4v) is 4.29. The van der Waals surface area contributed by atoms with Gasteiger partial charge in [0.25, 0.3) is 5.91 Å². The quantitative estimate of drug-likeness (QED) is 0.622. The van der Waals surface area contributed by atoms with Gasteiger partial charge in [-0.25, -0.2) is 0 Å². The van der Waals surface area contributed by atoms with Gasteiger partial charge >= 0.3 is 0 Å². The van der Waals surface area contributed by atoms with E-state index in [1.165, 1.54) is 16.7 Å². The second-order valence-corrected chi connectivity index (χ2v) is 7.52. The number of carbonyl (C=O) groups is 2. The minimum Gasteiger partial charge on any atom is -0.497 e. The molecule has 6 nitrogen and oxygen atoms in total. The summed E-state index contributed by atoms with van der Waals surface area (Å²) >= 11 is 1.19. The summed E-state index contributed by atoms with van der Waals surface area (Å²) in [7, 11) is 1.59. The maximum Gasteiger partial charge on any atom is 0.262 e. The molecule has 2 aromatic carbocycles. The highest BCUT2D eigenvalue weighted by atomic mass is 32.2. The lowest BCUT2D eigenvalue weighted by Gasteiger charge is -2.18. The van der Waals surface area contributed by atoms with E-state index in [2.05, 4.69) is 0 Å². The molecular formula is C21H19N3O3S. The topological polar surface area (TPSA) is 96.4 Å². The van der Waals surface area contributed by atoms with Crippen LogP contribution in [-0.4, -0.2) is 24.2 Å². The Balaban J connectivity index is 2.00. The number of aryl methyl sites for hydroxylation is 1. The number of ether oxygens (including phenoxy) is 1. The van der Waals surface area contributed by atoms with Crippen molar-refractivity contribution in [3.63, 3.8) is 0 Å². The van der Waals surface area contributed by atoms with E-state index in [4.69, 9.17) is 10.5 Å². The van der Waals surface area contributed by atoms with Gasteiger partial charge in [0.1, 0.15) is 22.4 Å². The molecule has 0 spiro atoms. The van der Waals surface area contributed by atoms with Crippen LogP contribution in [0.15, 0.2) is 59.1 Å². The number of primary amides is 1. The first kappa shape index (κ1) is 19.5. The van der Waals surface area contributed by atoms with Gasteiger partial charge in [-0.1, -0.05) is 36.0 Å². The van der Waals surface area contributed by atoms with Crippen LogP contribution < -0.4 is 15.4 Å². The van der Waals surface area contributed by atoms with Crippen LogP contribution in [0.25, 0.3) is 0 Å². The molecule has 1 saturated heterocycles. The van der Waals surface area contributed by atoms with E-state index in [1.54, 1.807) is 13.2 Å². The van der Waals surface area contributed by atoms with Gasteiger partial charge in [-0.05, 0) is 48.7 Å². The summed E-state index contributed by atoms with van der Waals surface area (Å²) in [4.78, 5) is 26.4. The number of hydrogen-bond donors (Lipinski definition) is 1. The third-order valence-electron chi connectivity index (χ3n) is 4.36. The van der Waals surface area contributed by atoms with Crippen LogP contribution in [0.1, 0.15) is 11.1 Å². The molecule has 1 fully saturated rings. The molecule has 2 amide bonds. The van der Waals surface area contributed by atoms with E-state index in [1.807, 2.05) is 55.5 Å². The molecule has 0 radical (unpaired) electrons. The molecule has 0 bridgehead atoms. The summed E-state index contributed by atoms with van der Waals surface area (Å²) < 4.78 is 5.16. The van der Waals surface area contributed by atoms with E-state index in [0.29, 0.717) is 12.1 Å². The summed E-state index contributed by atoms with van der Waals surface area (Å²) in [6.45, 7) is 1.91. The van der Waals surface area contributed by atoms with E-state index >= 15 is 0 Å². The number of thioether (sulfide) groups is 1. The van der Waals surface area contributed by atoms with Crippen LogP contribution in [0.3, 0.4) is 0 Å². The Morgan fingerprint density at radius 1 is 1.29 bits per heavy atom. The van der Waals surface area contributed by atoms with Crippen molar-refractivity contribution in [3.8, 4) is 11.8 Å². The van der Waals surface area contributed by atoms with Crippen LogP contribution in [-0.2, 0) is 16.0 Å². The van der Waals surface area contributed by atoms with Crippen molar-refractivity contribution >= 4 is 29.3 Å². The van der Waals surface area contributed by atoms with Crippen LogP contribution in [0, 0.1) is 18.3 Å². The lowest BCUT2D eigenvalue weighted by atomic mass is 10.1. The van der Waals surface area contributed by atoms with Gasteiger partial charge in [-0.3, -0.25) is 14.5 Å². The first-order valence-electron chi connectivity index (χ1n) is 8.59. The predicted octanol–water partition coefficient (Wildman–Crippen LogP) is 2.92. The molecule has 1 aliphatic heterocycles. The van der Waals surface area contributed by atoms with Gasteiger partial charge in [-0.2, -0.15) is 5.26 Å². The fraction of sp³-hybridized carbons (Fsp3) is 0.190. The number of amides is 2. The standard InChI is InChI=1S/C21H19N3O3S/c1-13-4-3-5-15(10-13)24-20(26)18(28-21(24)17(12-22)19(23)25)11-14-6-8-16(27-2)9-7-14/h3-10,18H,11H2,1-2H3,(H2,23,25)/b21-17+/t18-/m0/s1. The van der Waals surface area contributed by atoms with Gasteiger partial charge in [0.2, 0.25) is 5.91 Å². The number of carbonyl (C=O) groups excluding carboxylic acids is 2. The number of nitriles is 1. The lowest BCUT2D eigenvalue weighted by Crippen LogP contribution is -2.31. The van der Waals surface area contributed by atoms with Gasteiger partial charge in [0.05, 0.1) is 12.4 Å². The minimum absolute atomic E-state index is 0.185. The zero-order valence-corrected chi connectivity index (χ0v) is 16.3. The van der Waals surface area contributed by atoms with Crippen molar-refractivity contribution < 1.29 is 14.3 Å². The van der Waals surface area contributed by atoms with Crippen molar-refractivity contribution in [2.75, 3.05) is 12.0 Å². The van der Waals surface area contributed by atoms with Crippen molar-refractivity contribution in [3.05, 3.63) is 70.3 Å². The Kier molecular flexibility index (Phi) is 5.71. The first-order valence-corrected chi connectivity index (χ1v) is 9.47. The van der Waals surface area contributed by atoms with Gasteiger partial charge in [-0.15, -0.1) is 0 Å². The van der Waals surface area contributed by atoms with Crippen LogP contribution >= 0.6 is 11.8 Å². The zero-order valence-electron chi connectivity index (χ0n) is 15.5. The largest absolute Gasteiger partial charge is 0.497 e. The summed E-state index contributed by atoms with van der Waals surface area (Å²) in [5.41, 5.74) is 7.70. The number of anilines is 1. The van der Waals surface area contributed by atoms with E-state index in [0.717, 1.165) is 16.9 Å². The molecule has 28 heavy (non-hydrogen) atoms. The lowest BCUT2D eigenvalue weighted by molar-refractivity contribution is -0.117. The summed E-state index contributed by atoms with van der Waals surface area (Å²) in [6, 6.07) is 16.7. The van der Waals surface area contributed by atoms with Gasteiger partial charge in [0, 0.05) is 5.69 Å². The summed E-state index contributed by atoms with van der Waals surface area (Å²) in [6.07, 6.45) is 0.455. The van der Waals surface area contributed by atoms with Crippen molar-refractivity contribution in [1.82, 2.24) is 0 Å². The molecular weight excluding hydrogens is 374 g/mol. The van der Waals surface area contributed by atoms with Crippen LogP contribution in [0.2, 0.25) is 0 Å².